The number of hydrogen-bond donors (Lipinski definition) is 1. The first-order valence-corrected chi connectivity index (χ1v) is 11.3. The average molecular weight is 461 g/mol. The summed E-state index contributed by atoms with van der Waals surface area (Å²) in [5.74, 6) is -1.97. The van der Waals surface area contributed by atoms with Gasteiger partial charge in [-0.1, -0.05) is 25.6 Å². The summed E-state index contributed by atoms with van der Waals surface area (Å²) in [6, 6.07) is 6.58. The van der Waals surface area contributed by atoms with E-state index in [1.807, 2.05) is 19.9 Å². The van der Waals surface area contributed by atoms with Gasteiger partial charge in [0.05, 0.1) is 17.0 Å². The second-order valence-corrected chi connectivity index (χ2v) is 9.24. The van der Waals surface area contributed by atoms with Crippen molar-refractivity contribution in [2.75, 3.05) is 11.1 Å². The highest BCUT2D eigenvalue weighted by Crippen LogP contribution is 2.30. The minimum absolute atomic E-state index is 0.0901. The Bertz CT molecular complexity index is 1350. The molecule has 0 bridgehead atoms. The minimum atomic E-state index is -0.855. The van der Waals surface area contributed by atoms with Crippen LogP contribution in [0.15, 0.2) is 46.5 Å². The van der Waals surface area contributed by atoms with E-state index in [9.17, 15) is 18.4 Å². The van der Waals surface area contributed by atoms with E-state index in [4.69, 9.17) is 0 Å². The van der Waals surface area contributed by atoms with Crippen LogP contribution in [0.1, 0.15) is 13.8 Å². The van der Waals surface area contributed by atoms with E-state index in [2.05, 4.69) is 15.3 Å². The zero-order valence-corrected chi connectivity index (χ0v) is 18.3. The molecular formula is C21H18F2N4O2S2. The van der Waals surface area contributed by atoms with Crippen LogP contribution in [0.4, 0.5) is 14.5 Å². The van der Waals surface area contributed by atoms with Crippen molar-refractivity contribution in [2.24, 2.45) is 5.92 Å². The molecule has 0 atom stereocenters. The van der Waals surface area contributed by atoms with E-state index in [-0.39, 0.29) is 22.9 Å². The number of carbonyl (C=O) groups excluding carboxylic acids is 1. The molecule has 0 saturated heterocycles. The third-order valence-corrected chi connectivity index (χ3v) is 6.47. The molecule has 0 spiro atoms. The summed E-state index contributed by atoms with van der Waals surface area (Å²) < 4.78 is 28.9. The SMILES string of the molecule is CC(C)Cn1c(SCC(=O)Nc2ccc(F)cc2F)nc2c(sc3ncccc32)c1=O. The minimum Gasteiger partial charge on any atom is -0.323 e. The molecular weight excluding hydrogens is 442 g/mol. The second kappa shape index (κ2) is 8.72. The Balaban J connectivity index is 1.65. The fourth-order valence-corrected chi connectivity index (χ4v) is 4.92. The number of benzene rings is 1. The van der Waals surface area contributed by atoms with E-state index in [0.29, 0.717) is 28.0 Å². The van der Waals surface area contributed by atoms with E-state index in [0.717, 1.165) is 34.1 Å². The Hall–Kier alpha value is -2.85. The lowest BCUT2D eigenvalue weighted by atomic mass is 10.2. The van der Waals surface area contributed by atoms with Gasteiger partial charge in [-0.2, -0.15) is 0 Å². The fraction of sp³-hybridized carbons (Fsp3) is 0.238. The molecule has 0 fully saturated rings. The zero-order valence-electron chi connectivity index (χ0n) is 16.7. The van der Waals surface area contributed by atoms with Crippen LogP contribution < -0.4 is 10.9 Å². The molecule has 31 heavy (non-hydrogen) atoms. The predicted octanol–water partition coefficient (Wildman–Crippen LogP) is 4.67. The van der Waals surface area contributed by atoms with Crippen LogP contribution >= 0.6 is 23.1 Å². The molecule has 10 heteroatoms. The molecule has 4 rings (SSSR count). The molecule has 1 aromatic carbocycles. The molecule has 160 valence electrons. The molecule has 0 aliphatic rings. The van der Waals surface area contributed by atoms with Gasteiger partial charge < -0.3 is 5.32 Å². The number of nitrogens with one attached hydrogen (secondary N) is 1. The zero-order chi connectivity index (χ0) is 22.1. The molecule has 6 nitrogen and oxygen atoms in total. The van der Waals surface area contributed by atoms with Crippen molar-refractivity contribution in [1.82, 2.24) is 14.5 Å². The van der Waals surface area contributed by atoms with E-state index < -0.39 is 17.5 Å². The normalized spacial score (nSPS) is 11.5. The van der Waals surface area contributed by atoms with E-state index in [1.165, 1.54) is 11.3 Å². The van der Waals surface area contributed by atoms with Crippen LogP contribution in [0.5, 0.6) is 0 Å². The summed E-state index contributed by atoms with van der Waals surface area (Å²) in [6.07, 6.45) is 1.67. The predicted molar refractivity (Wildman–Crippen MR) is 120 cm³/mol. The summed E-state index contributed by atoms with van der Waals surface area (Å²) in [6.45, 7) is 4.42. The molecule has 3 heterocycles. The average Bonchev–Trinajstić information content (AvgIpc) is 3.09. The van der Waals surface area contributed by atoms with Crippen LogP contribution in [0.2, 0.25) is 0 Å². The van der Waals surface area contributed by atoms with Crippen molar-refractivity contribution in [2.45, 2.75) is 25.5 Å². The molecule has 0 aliphatic carbocycles. The summed E-state index contributed by atoms with van der Waals surface area (Å²) >= 11 is 2.39. The van der Waals surface area contributed by atoms with Gasteiger partial charge in [-0.25, -0.2) is 18.7 Å². The molecule has 1 N–H and O–H groups in total. The van der Waals surface area contributed by atoms with Crippen molar-refractivity contribution >= 4 is 55.1 Å². The van der Waals surface area contributed by atoms with Crippen molar-refractivity contribution in [3.8, 4) is 0 Å². The monoisotopic (exact) mass is 460 g/mol. The number of hydrogen-bond acceptors (Lipinski definition) is 6. The third-order valence-electron chi connectivity index (χ3n) is 4.40. The maximum absolute atomic E-state index is 13.8. The third kappa shape index (κ3) is 4.45. The first-order chi connectivity index (χ1) is 14.8. The highest BCUT2D eigenvalue weighted by molar-refractivity contribution is 7.99. The quantitative estimate of drug-likeness (QED) is 0.334. The van der Waals surface area contributed by atoms with Gasteiger partial charge in [0.15, 0.2) is 5.16 Å². The smallest absolute Gasteiger partial charge is 0.272 e. The first kappa shape index (κ1) is 21.4. The topological polar surface area (TPSA) is 76.9 Å². The highest BCUT2D eigenvalue weighted by atomic mass is 32.2. The van der Waals surface area contributed by atoms with Gasteiger partial charge in [0.2, 0.25) is 5.91 Å². The molecule has 0 unspecified atom stereocenters. The second-order valence-electron chi connectivity index (χ2n) is 7.30. The fourth-order valence-electron chi connectivity index (χ4n) is 3.08. The number of amides is 1. The molecule has 1 amide bonds. The van der Waals surface area contributed by atoms with Crippen LogP contribution in [-0.4, -0.2) is 26.2 Å². The summed E-state index contributed by atoms with van der Waals surface area (Å²) in [5, 5.41) is 3.61. The van der Waals surface area contributed by atoms with Gasteiger partial charge in [-0.15, -0.1) is 11.3 Å². The Kier molecular flexibility index (Phi) is 6.01. The molecule has 0 radical (unpaired) electrons. The van der Waals surface area contributed by atoms with Crippen LogP contribution in [0.25, 0.3) is 20.4 Å². The van der Waals surface area contributed by atoms with Crippen LogP contribution in [0.3, 0.4) is 0 Å². The number of aromatic nitrogens is 3. The first-order valence-electron chi connectivity index (χ1n) is 9.49. The summed E-state index contributed by atoms with van der Waals surface area (Å²) in [7, 11) is 0. The van der Waals surface area contributed by atoms with Gasteiger partial charge >= 0.3 is 0 Å². The van der Waals surface area contributed by atoms with Gasteiger partial charge in [-0.05, 0) is 30.2 Å². The number of thioether (sulfide) groups is 1. The van der Waals surface area contributed by atoms with Crippen LogP contribution in [0, 0.1) is 17.6 Å². The van der Waals surface area contributed by atoms with Crippen LogP contribution in [-0.2, 0) is 11.3 Å². The number of rotatable bonds is 6. The van der Waals surface area contributed by atoms with Crippen molar-refractivity contribution in [3.05, 3.63) is 58.5 Å². The standard InChI is InChI=1S/C21H18F2N4O2S2/c1-11(2)9-27-20(29)18-17(13-4-3-7-24-19(13)31-18)26-21(27)30-10-16(28)25-15-6-5-12(22)8-14(15)23/h3-8,11H,9-10H2,1-2H3,(H,25,28). The molecule has 4 aromatic rings. The number of anilines is 1. The number of fused-ring (bicyclic) bond motifs is 3. The van der Waals surface area contributed by atoms with Crippen molar-refractivity contribution in [3.63, 3.8) is 0 Å². The Morgan fingerprint density at radius 1 is 1.29 bits per heavy atom. The number of carbonyl (C=O) groups is 1. The summed E-state index contributed by atoms with van der Waals surface area (Å²) in [4.78, 5) is 35.2. The Labute approximate surface area is 184 Å². The largest absolute Gasteiger partial charge is 0.323 e. The number of halogens is 2. The number of pyridine rings is 1. The van der Waals surface area contributed by atoms with E-state index in [1.54, 1.807) is 16.8 Å². The Morgan fingerprint density at radius 2 is 2.10 bits per heavy atom. The number of thiophene rings is 1. The molecule has 0 aliphatic heterocycles. The maximum Gasteiger partial charge on any atom is 0.272 e. The van der Waals surface area contributed by atoms with Gasteiger partial charge in [0, 0.05) is 24.2 Å². The highest BCUT2D eigenvalue weighted by Gasteiger charge is 2.18. The lowest BCUT2D eigenvalue weighted by molar-refractivity contribution is -0.113. The lowest BCUT2D eigenvalue weighted by Gasteiger charge is -2.14. The van der Waals surface area contributed by atoms with Gasteiger partial charge in [0.1, 0.15) is 21.2 Å². The molecule has 0 saturated carbocycles. The summed E-state index contributed by atoms with van der Waals surface area (Å²) in [5.41, 5.74) is 0.282. The van der Waals surface area contributed by atoms with Crippen molar-refractivity contribution in [1.29, 1.82) is 0 Å². The van der Waals surface area contributed by atoms with E-state index >= 15 is 0 Å². The Morgan fingerprint density at radius 3 is 2.84 bits per heavy atom. The van der Waals surface area contributed by atoms with Gasteiger partial charge in [0.25, 0.3) is 5.56 Å². The maximum atomic E-state index is 13.8. The molecule has 3 aromatic heterocycles. The van der Waals surface area contributed by atoms with Gasteiger partial charge in [-0.3, -0.25) is 14.2 Å². The van der Waals surface area contributed by atoms with Crippen molar-refractivity contribution < 1.29 is 13.6 Å². The number of nitrogens with zero attached hydrogens (tertiary/aromatic N) is 3. The lowest BCUT2D eigenvalue weighted by Crippen LogP contribution is -2.25.